The molecule has 0 aliphatic heterocycles. The van der Waals surface area contributed by atoms with Gasteiger partial charge in [0.2, 0.25) is 0 Å². The minimum Gasteiger partial charge on any atom is -0.478 e. The Labute approximate surface area is 229 Å². The summed E-state index contributed by atoms with van der Waals surface area (Å²) in [6.07, 6.45) is 1.75. The molecule has 38 heavy (non-hydrogen) atoms. The Morgan fingerprint density at radius 3 is 2.26 bits per heavy atom. The third-order valence-electron chi connectivity index (χ3n) is 6.35. The number of hydrogen-bond donors (Lipinski definition) is 2. The third-order valence-corrected chi connectivity index (χ3v) is 6.78. The van der Waals surface area contributed by atoms with Crippen LogP contribution in [-0.4, -0.2) is 26.8 Å². The maximum absolute atomic E-state index is 13.7. The van der Waals surface area contributed by atoms with E-state index in [1.807, 2.05) is 61.5 Å². The van der Waals surface area contributed by atoms with Crippen LogP contribution in [0.2, 0.25) is 10.0 Å². The minimum absolute atomic E-state index is 0.189. The summed E-state index contributed by atoms with van der Waals surface area (Å²) >= 11 is 12.4. The average Bonchev–Trinajstić information content (AvgIpc) is 3.30. The van der Waals surface area contributed by atoms with E-state index >= 15 is 0 Å². The fourth-order valence-corrected chi connectivity index (χ4v) is 5.04. The molecule has 0 radical (unpaired) electrons. The summed E-state index contributed by atoms with van der Waals surface area (Å²) in [5, 5.41) is 18.7. The zero-order chi connectivity index (χ0) is 26.8. The number of aromatic nitrogens is 2. The number of amides is 1. The first-order valence-corrected chi connectivity index (χ1v) is 12.7. The molecule has 1 aromatic heterocycles. The molecule has 1 atom stereocenters. The molecule has 1 heterocycles. The maximum Gasteiger partial charge on any atom is 0.335 e. The van der Waals surface area contributed by atoms with Crippen LogP contribution in [0.5, 0.6) is 0 Å². The molecule has 0 aliphatic rings. The molecule has 5 aromatic rings. The molecule has 6 nitrogen and oxygen atoms in total. The molecular weight excluding hydrogens is 521 g/mol. The van der Waals surface area contributed by atoms with Crippen molar-refractivity contribution < 1.29 is 14.7 Å². The van der Waals surface area contributed by atoms with Crippen molar-refractivity contribution in [2.75, 3.05) is 0 Å². The normalized spacial score (nSPS) is 11.9. The van der Waals surface area contributed by atoms with Gasteiger partial charge in [-0.25, -0.2) is 4.79 Å². The summed E-state index contributed by atoms with van der Waals surface area (Å²) in [6.45, 7) is 2.23. The van der Waals surface area contributed by atoms with E-state index in [0.29, 0.717) is 27.7 Å². The Hall–Kier alpha value is -4.13. The zero-order valence-electron chi connectivity index (χ0n) is 20.4. The molecule has 0 saturated heterocycles. The lowest BCUT2D eigenvalue weighted by Gasteiger charge is -2.17. The van der Waals surface area contributed by atoms with Crippen LogP contribution in [0, 0.1) is 0 Å². The second-order valence-electron chi connectivity index (χ2n) is 9.03. The second kappa shape index (κ2) is 10.7. The minimum atomic E-state index is -0.998. The van der Waals surface area contributed by atoms with Crippen molar-refractivity contribution >= 4 is 46.0 Å². The van der Waals surface area contributed by atoms with E-state index in [9.17, 15) is 14.7 Å². The van der Waals surface area contributed by atoms with E-state index in [0.717, 1.165) is 27.6 Å². The lowest BCUT2D eigenvalue weighted by molar-refractivity contribution is 0.0696. The summed E-state index contributed by atoms with van der Waals surface area (Å²) < 4.78 is 1.77. The van der Waals surface area contributed by atoms with Crippen LogP contribution < -0.4 is 5.32 Å². The molecule has 0 saturated carbocycles. The van der Waals surface area contributed by atoms with Gasteiger partial charge in [0.05, 0.1) is 35.4 Å². The van der Waals surface area contributed by atoms with E-state index in [4.69, 9.17) is 23.2 Å². The first-order chi connectivity index (χ1) is 18.3. The molecule has 0 bridgehead atoms. The molecule has 0 unspecified atom stereocenters. The SMILES string of the molecule is C[C@H](NC(=O)c1cc(-c2ccccc2)cc2cnn(Cc3cc(Cl)cc(Cl)c3)c12)c1ccc(C(=O)O)cc1. The molecule has 0 spiro atoms. The van der Waals surface area contributed by atoms with Gasteiger partial charge in [-0.2, -0.15) is 5.10 Å². The lowest BCUT2D eigenvalue weighted by atomic mass is 9.99. The smallest absolute Gasteiger partial charge is 0.335 e. The Bertz CT molecular complexity index is 1630. The van der Waals surface area contributed by atoms with Crippen LogP contribution in [0.3, 0.4) is 0 Å². The Balaban J connectivity index is 1.55. The molecule has 2 N–H and O–H groups in total. The molecule has 5 rings (SSSR count). The maximum atomic E-state index is 13.7. The van der Waals surface area contributed by atoms with Gasteiger partial charge in [0.1, 0.15) is 0 Å². The summed E-state index contributed by atoms with van der Waals surface area (Å²) in [6, 6.07) is 25.2. The number of hydrogen-bond acceptors (Lipinski definition) is 3. The largest absolute Gasteiger partial charge is 0.478 e. The van der Waals surface area contributed by atoms with E-state index in [1.165, 1.54) is 12.1 Å². The third kappa shape index (κ3) is 5.42. The van der Waals surface area contributed by atoms with E-state index in [2.05, 4.69) is 10.4 Å². The summed E-state index contributed by atoms with van der Waals surface area (Å²) in [5.74, 6) is -1.27. The molecule has 0 aliphatic carbocycles. The first-order valence-electron chi connectivity index (χ1n) is 11.9. The number of carbonyl (C=O) groups is 2. The van der Waals surface area contributed by atoms with Crippen molar-refractivity contribution in [3.05, 3.63) is 123 Å². The van der Waals surface area contributed by atoms with Crippen LogP contribution in [0.15, 0.2) is 91.1 Å². The summed E-state index contributed by atoms with van der Waals surface area (Å²) in [4.78, 5) is 24.9. The fraction of sp³-hybridized carbons (Fsp3) is 0.100. The number of benzene rings is 4. The van der Waals surface area contributed by atoms with Gasteiger partial charge in [-0.3, -0.25) is 9.48 Å². The van der Waals surface area contributed by atoms with Gasteiger partial charge < -0.3 is 10.4 Å². The topological polar surface area (TPSA) is 84.2 Å². The molecule has 8 heteroatoms. The van der Waals surface area contributed by atoms with E-state index in [-0.39, 0.29) is 17.5 Å². The Morgan fingerprint density at radius 2 is 1.61 bits per heavy atom. The van der Waals surface area contributed by atoms with Gasteiger partial charge in [-0.15, -0.1) is 0 Å². The van der Waals surface area contributed by atoms with Gasteiger partial charge in [0, 0.05) is 15.4 Å². The van der Waals surface area contributed by atoms with Gasteiger partial charge in [-0.1, -0.05) is 65.7 Å². The summed E-state index contributed by atoms with van der Waals surface area (Å²) in [5.41, 5.74) is 4.88. The fourth-order valence-electron chi connectivity index (χ4n) is 4.47. The number of carboxylic acid groups (broad SMARTS) is 1. The number of rotatable bonds is 7. The molecule has 1 amide bonds. The van der Waals surface area contributed by atoms with E-state index in [1.54, 1.807) is 29.1 Å². The van der Waals surface area contributed by atoms with Gasteiger partial charge in [0.15, 0.2) is 0 Å². The molecule has 4 aromatic carbocycles. The highest BCUT2D eigenvalue weighted by atomic mass is 35.5. The van der Waals surface area contributed by atoms with Crippen molar-refractivity contribution in [2.24, 2.45) is 0 Å². The zero-order valence-corrected chi connectivity index (χ0v) is 21.9. The number of aromatic carboxylic acids is 1. The first kappa shape index (κ1) is 25.5. The second-order valence-corrected chi connectivity index (χ2v) is 9.90. The highest BCUT2D eigenvalue weighted by molar-refractivity contribution is 6.34. The van der Waals surface area contributed by atoms with Crippen molar-refractivity contribution in [3.8, 4) is 11.1 Å². The van der Waals surface area contributed by atoms with Crippen LogP contribution >= 0.6 is 23.2 Å². The van der Waals surface area contributed by atoms with Crippen molar-refractivity contribution in [1.82, 2.24) is 15.1 Å². The Morgan fingerprint density at radius 1 is 0.921 bits per heavy atom. The van der Waals surface area contributed by atoms with Gasteiger partial charge >= 0.3 is 5.97 Å². The number of nitrogens with zero attached hydrogens (tertiary/aromatic N) is 2. The standard InChI is InChI=1S/C30H23Cl2N3O3/c1-18(20-7-9-22(10-8-20)30(37)38)34-29(36)27-14-23(21-5-3-2-4-6-21)13-24-16-33-35(28(24)27)17-19-11-25(31)15-26(32)12-19/h2-16,18H,17H2,1H3,(H,34,36)(H,37,38)/t18-/m0/s1. The number of halogens is 2. The van der Waals surface area contributed by atoms with Crippen molar-refractivity contribution in [1.29, 1.82) is 0 Å². The predicted molar refractivity (Wildman–Crippen MR) is 150 cm³/mol. The summed E-state index contributed by atoms with van der Waals surface area (Å²) in [7, 11) is 0. The molecular formula is C30H23Cl2N3O3. The predicted octanol–water partition coefficient (Wildman–Crippen LogP) is 7.25. The molecule has 190 valence electrons. The van der Waals surface area contributed by atoms with Crippen molar-refractivity contribution in [2.45, 2.75) is 19.5 Å². The van der Waals surface area contributed by atoms with E-state index < -0.39 is 5.97 Å². The Kier molecular flexibility index (Phi) is 7.18. The van der Waals surface area contributed by atoms with Crippen LogP contribution in [-0.2, 0) is 6.54 Å². The van der Waals surface area contributed by atoms with Gasteiger partial charge in [0.25, 0.3) is 5.91 Å². The average molecular weight is 544 g/mol. The lowest BCUT2D eigenvalue weighted by Crippen LogP contribution is -2.27. The molecule has 0 fully saturated rings. The number of carbonyl (C=O) groups excluding carboxylic acids is 1. The highest BCUT2D eigenvalue weighted by Crippen LogP contribution is 2.30. The van der Waals surface area contributed by atoms with Crippen molar-refractivity contribution in [3.63, 3.8) is 0 Å². The number of nitrogens with one attached hydrogen (secondary N) is 1. The highest BCUT2D eigenvalue weighted by Gasteiger charge is 2.20. The van der Waals surface area contributed by atoms with Crippen LogP contribution in [0.25, 0.3) is 22.0 Å². The number of fused-ring (bicyclic) bond motifs is 1. The van der Waals surface area contributed by atoms with Crippen LogP contribution in [0.1, 0.15) is 44.8 Å². The monoisotopic (exact) mass is 543 g/mol. The quantitative estimate of drug-likeness (QED) is 0.226. The van der Waals surface area contributed by atoms with Crippen LogP contribution in [0.4, 0.5) is 0 Å². The number of carboxylic acids is 1. The van der Waals surface area contributed by atoms with Gasteiger partial charge in [-0.05, 0) is 71.6 Å².